The van der Waals surface area contributed by atoms with Crippen LogP contribution < -0.4 is 4.18 Å². The molecular weight excluding hydrogens is 585 g/mol. The number of ether oxygens (including phenoxy) is 2. The maximum absolute atomic E-state index is 12.6. The third-order valence-electron chi connectivity index (χ3n) is 5.87. The molecule has 11 heteroatoms. The van der Waals surface area contributed by atoms with E-state index in [-0.39, 0.29) is 23.6 Å². The largest absolute Gasteiger partial charge is 0.534 e. The SMILES string of the molecule is CCOC(=O)/C=C/c1ccc(C(C)(C)C)cc1C.CCOC(=O)/C=C/c1ccc(C(C)(C)C)cc1OS(=O)(=O)C(F)(F)F. The van der Waals surface area contributed by atoms with E-state index in [2.05, 4.69) is 48.7 Å². The van der Waals surface area contributed by atoms with Gasteiger partial charge in [0.2, 0.25) is 0 Å². The topological polar surface area (TPSA) is 96.0 Å². The van der Waals surface area contributed by atoms with Crippen molar-refractivity contribution in [3.63, 3.8) is 0 Å². The van der Waals surface area contributed by atoms with Crippen LogP contribution in [-0.4, -0.2) is 39.1 Å². The molecule has 0 unspecified atom stereocenters. The molecule has 0 heterocycles. The minimum absolute atomic E-state index is 0.00567. The van der Waals surface area contributed by atoms with Crippen LogP contribution in [0.3, 0.4) is 0 Å². The Morgan fingerprint density at radius 2 is 1.16 bits per heavy atom. The van der Waals surface area contributed by atoms with E-state index in [0.29, 0.717) is 12.2 Å². The second-order valence-electron chi connectivity index (χ2n) is 11.5. The van der Waals surface area contributed by atoms with Crippen molar-refractivity contribution < 1.29 is 44.8 Å². The van der Waals surface area contributed by atoms with Gasteiger partial charge in [-0.15, -0.1) is 0 Å². The van der Waals surface area contributed by atoms with Crippen LogP contribution in [0.1, 0.15) is 83.2 Å². The van der Waals surface area contributed by atoms with Gasteiger partial charge in [-0.1, -0.05) is 71.9 Å². The van der Waals surface area contributed by atoms with Crippen LogP contribution in [0.5, 0.6) is 5.75 Å². The Balaban J connectivity index is 0.000000453. The Morgan fingerprint density at radius 3 is 1.56 bits per heavy atom. The third-order valence-corrected chi connectivity index (χ3v) is 6.84. The Bertz CT molecular complexity index is 1430. The van der Waals surface area contributed by atoms with Crippen molar-refractivity contribution >= 4 is 34.2 Å². The zero-order chi connectivity index (χ0) is 33.2. The summed E-state index contributed by atoms with van der Waals surface area (Å²) < 4.78 is 74.2. The third kappa shape index (κ3) is 12.3. The van der Waals surface area contributed by atoms with E-state index in [1.807, 2.05) is 6.07 Å². The molecule has 0 spiro atoms. The standard InChI is InChI=1S/C16H19F3O5S.C16H22O2/c1-5-23-14(20)9-7-11-6-8-12(15(2,3)4)10-13(11)24-25(21,22)16(17,18)19;1-6-18-15(17)10-8-13-7-9-14(11-12(13)2)16(3,4)5/h6-10H,5H2,1-4H3;7-11H,6H2,1-5H3/b9-7+;10-8+. The van der Waals surface area contributed by atoms with Crippen molar-refractivity contribution in [1.29, 1.82) is 0 Å². The molecule has 7 nitrogen and oxygen atoms in total. The summed E-state index contributed by atoms with van der Waals surface area (Å²) in [5.74, 6) is -1.53. The van der Waals surface area contributed by atoms with Gasteiger partial charge in [0.1, 0.15) is 5.75 Å². The zero-order valence-electron chi connectivity index (χ0n) is 26.1. The summed E-state index contributed by atoms with van der Waals surface area (Å²) in [5.41, 5.74) is -1.79. The highest BCUT2D eigenvalue weighted by Crippen LogP contribution is 2.33. The Kier molecular flexibility index (Phi) is 13.2. The number of halogens is 3. The molecule has 0 atom stereocenters. The van der Waals surface area contributed by atoms with Crippen LogP contribution in [0.25, 0.3) is 12.2 Å². The summed E-state index contributed by atoms with van der Waals surface area (Å²) in [6, 6.07) is 10.5. The maximum Gasteiger partial charge on any atom is 0.534 e. The van der Waals surface area contributed by atoms with Crippen LogP contribution in [0.4, 0.5) is 13.2 Å². The van der Waals surface area contributed by atoms with Crippen LogP contribution in [0.2, 0.25) is 0 Å². The second-order valence-corrected chi connectivity index (χ2v) is 13.0. The summed E-state index contributed by atoms with van der Waals surface area (Å²) in [6.45, 7) is 18.0. The van der Waals surface area contributed by atoms with Gasteiger partial charge in [-0.3, -0.25) is 0 Å². The number of alkyl halides is 3. The first-order valence-corrected chi connectivity index (χ1v) is 15.0. The quantitative estimate of drug-likeness (QED) is 0.128. The van der Waals surface area contributed by atoms with Gasteiger partial charge < -0.3 is 13.7 Å². The first-order valence-electron chi connectivity index (χ1n) is 13.6. The smallest absolute Gasteiger partial charge is 0.463 e. The van der Waals surface area contributed by atoms with Crippen molar-refractivity contribution in [1.82, 2.24) is 0 Å². The summed E-state index contributed by atoms with van der Waals surface area (Å²) in [6.07, 6.45) is 5.39. The molecule has 0 aliphatic heterocycles. The Morgan fingerprint density at radius 1 is 0.744 bits per heavy atom. The number of esters is 2. The normalized spacial score (nSPS) is 12.6. The molecule has 0 fully saturated rings. The average molecular weight is 627 g/mol. The molecule has 0 aliphatic carbocycles. The number of carbonyl (C=O) groups excluding carboxylic acids is 2. The van der Waals surface area contributed by atoms with Gasteiger partial charge in [0.05, 0.1) is 13.2 Å². The van der Waals surface area contributed by atoms with Crippen LogP contribution >= 0.6 is 0 Å². The lowest BCUT2D eigenvalue weighted by Gasteiger charge is -2.21. The van der Waals surface area contributed by atoms with Gasteiger partial charge in [0.15, 0.2) is 0 Å². The molecular formula is C32H41F3O7S. The van der Waals surface area contributed by atoms with Crippen molar-refractivity contribution in [3.8, 4) is 5.75 Å². The monoisotopic (exact) mass is 626 g/mol. The number of carbonyl (C=O) groups is 2. The highest BCUT2D eigenvalue weighted by molar-refractivity contribution is 7.88. The predicted molar refractivity (Wildman–Crippen MR) is 162 cm³/mol. The van der Waals surface area contributed by atoms with Crippen molar-refractivity contribution in [2.75, 3.05) is 13.2 Å². The predicted octanol–water partition coefficient (Wildman–Crippen LogP) is 7.66. The molecule has 2 aromatic rings. The summed E-state index contributed by atoms with van der Waals surface area (Å²) in [7, 11) is -5.83. The highest BCUT2D eigenvalue weighted by atomic mass is 32.2. The van der Waals surface area contributed by atoms with Gasteiger partial charge in [0.25, 0.3) is 0 Å². The Hall–Kier alpha value is -3.60. The van der Waals surface area contributed by atoms with E-state index in [1.165, 1.54) is 29.3 Å². The summed E-state index contributed by atoms with van der Waals surface area (Å²) in [4.78, 5) is 22.6. The molecule has 0 bridgehead atoms. The molecule has 2 rings (SSSR count). The van der Waals surface area contributed by atoms with Crippen molar-refractivity contribution in [2.24, 2.45) is 0 Å². The number of hydrogen-bond donors (Lipinski definition) is 0. The van der Waals surface area contributed by atoms with E-state index in [1.54, 1.807) is 46.8 Å². The lowest BCUT2D eigenvalue weighted by molar-refractivity contribution is -0.138. The lowest BCUT2D eigenvalue weighted by Crippen LogP contribution is -2.28. The maximum atomic E-state index is 12.6. The fourth-order valence-corrected chi connectivity index (χ4v) is 3.88. The van der Waals surface area contributed by atoms with E-state index < -0.39 is 32.8 Å². The van der Waals surface area contributed by atoms with Crippen LogP contribution in [-0.2, 0) is 40.0 Å². The minimum atomic E-state index is -5.83. The molecule has 0 saturated carbocycles. The van der Waals surface area contributed by atoms with E-state index in [0.717, 1.165) is 17.7 Å². The fourth-order valence-electron chi connectivity index (χ4n) is 3.40. The summed E-state index contributed by atoms with van der Waals surface area (Å²) in [5, 5.41) is 0. The molecule has 2 aromatic carbocycles. The van der Waals surface area contributed by atoms with E-state index in [9.17, 15) is 31.2 Å². The first-order chi connectivity index (χ1) is 19.6. The lowest BCUT2D eigenvalue weighted by atomic mass is 9.85. The molecule has 0 aromatic heterocycles. The van der Waals surface area contributed by atoms with Gasteiger partial charge >= 0.3 is 27.6 Å². The van der Waals surface area contributed by atoms with Crippen molar-refractivity contribution in [3.05, 3.63) is 76.4 Å². The van der Waals surface area contributed by atoms with Crippen LogP contribution in [0.15, 0.2) is 48.6 Å². The average Bonchev–Trinajstić information content (AvgIpc) is 2.86. The van der Waals surface area contributed by atoms with E-state index in [4.69, 9.17) is 4.74 Å². The van der Waals surface area contributed by atoms with Gasteiger partial charge in [-0.05, 0) is 72.1 Å². The fraction of sp³-hybridized carbons (Fsp3) is 0.438. The minimum Gasteiger partial charge on any atom is -0.463 e. The van der Waals surface area contributed by atoms with E-state index >= 15 is 0 Å². The molecule has 0 amide bonds. The first kappa shape index (κ1) is 37.4. The molecule has 0 aliphatic rings. The molecule has 0 saturated heterocycles. The number of aryl methyl sites for hydroxylation is 1. The number of hydrogen-bond acceptors (Lipinski definition) is 7. The second kappa shape index (κ2) is 15.2. The molecule has 238 valence electrons. The zero-order valence-corrected chi connectivity index (χ0v) is 26.9. The summed E-state index contributed by atoms with van der Waals surface area (Å²) >= 11 is 0. The molecule has 0 radical (unpaired) electrons. The number of benzene rings is 2. The molecule has 43 heavy (non-hydrogen) atoms. The van der Waals surface area contributed by atoms with Gasteiger partial charge in [-0.25, -0.2) is 9.59 Å². The van der Waals surface area contributed by atoms with Gasteiger partial charge in [-0.2, -0.15) is 21.6 Å². The highest BCUT2D eigenvalue weighted by Gasteiger charge is 2.48. The Labute approximate surface area is 252 Å². The van der Waals surface area contributed by atoms with Crippen LogP contribution in [0, 0.1) is 6.92 Å². The number of rotatable bonds is 8. The van der Waals surface area contributed by atoms with Crippen molar-refractivity contribution in [2.45, 2.75) is 78.7 Å². The molecule has 0 N–H and O–H groups in total. The van der Waals surface area contributed by atoms with Gasteiger partial charge in [0, 0.05) is 17.7 Å².